The van der Waals surface area contributed by atoms with E-state index in [-0.39, 0.29) is 12.1 Å². The summed E-state index contributed by atoms with van der Waals surface area (Å²) in [7, 11) is 0. The molecule has 0 aliphatic carbocycles. The van der Waals surface area contributed by atoms with Gasteiger partial charge in [0, 0.05) is 10.4 Å². The number of rotatable bonds is 4. The largest absolute Gasteiger partial charge is 0.361 e. The maximum absolute atomic E-state index is 11.9. The van der Waals surface area contributed by atoms with Crippen LogP contribution >= 0.6 is 11.3 Å². The first-order valence-corrected chi connectivity index (χ1v) is 7.23. The second kappa shape index (κ2) is 6.04. The van der Waals surface area contributed by atoms with Gasteiger partial charge in [0.2, 0.25) is 0 Å². The summed E-state index contributed by atoms with van der Waals surface area (Å²) in [5.74, 6) is 0.730. The Balaban J connectivity index is 1.90. The minimum atomic E-state index is -0.217. The van der Waals surface area contributed by atoms with Crippen LogP contribution in [-0.2, 0) is 6.54 Å². The first-order valence-electron chi connectivity index (χ1n) is 6.35. The Morgan fingerprint density at radius 1 is 1.40 bits per heavy atom. The monoisotopic (exact) mass is 294 g/mol. The number of hydrogen-bond acceptors (Lipinski definition) is 5. The topological polar surface area (TPSA) is 80.0 Å². The molecule has 2 N–H and O–H groups in total. The van der Waals surface area contributed by atoms with Crippen molar-refractivity contribution >= 4 is 17.4 Å². The molecule has 2 aromatic heterocycles. The van der Waals surface area contributed by atoms with Crippen molar-refractivity contribution in [2.45, 2.75) is 40.3 Å². The number of carbonyl (C=O) groups excluding carboxylic acids is 1. The third-order valence-electron chi connectivity index (χ3n) is 3.12. The third kappa shape index (κ3) is 3.16. The molecule has 0 saturated carbocycles. The van der Waals surface area contributed by atoms with Gasteiger partial charge in [-0.2, -0.15) is 0 Å². The number of hydrogen-bond donors (Lipinski definition) is 2. The summed E-state index contributed by atoms with van der Waals surface area (Å²) < 4.78 is 5.10. The maximum atomic E-state index is 11.9. The van der Waals surface area contributed by atoms with Crippen LogP contribution in [0.5, 0.6) is 0 Å². The van der Waals surface area contributed by atoms with E-state index >= 15 is 0 Å². The van der Waals surface area contributed by atoms with E-state index < -0.39 is 0 Å². The van der Waals surface area contributed by atoms with Gasteiger partial charge in [-0.05, 0) is 27.7 Å². The number of aromatic nitrogens is 2. The Kier molecular flexibility index (Phi) is 4.39. The lowest BCUT2D eigenvalue weighted by Crippen LogP contribution is -2.36. The Bertz CT molecular complexity index is 586. The lowest BCUT2D eigenvalue weighted by molar-refractivity contribution is 0.237. The van der Waals surface area contributed by atoms with Crippen molar-refractivity contribution in [3.63, 3.8) is 0 Å². The standard InChI is InChI=1S/C13H18N4O2S/c1-7-11(20-6-15-7)5-14-13(18)16-8(2)12-9(3)17-19-10(12)4/h6,8H,5H2,1-4H3,(H2,14,16,18). The van der Waals surface area contributed by atoms with Gasteiger partial charge in [0.15, 0.2) is 0 Å². The highest BCUT2D eigenvalue weighted by Gasteiger charge is 2.18. The zero-order valence-electron chi connectivity index (χ0n) is 12.0. The van der Waals surface area contributed by atoms with E-state index in [4.69, 9.17) is 4.52 Å². The lowest BCUT2D eigenvalue weighted by Gasteiger charge is -2.14. The molecule has 2 aromatic rings. The van der Waals surface area contributed by atoms with Crippen LogP contribution in [0.15, 0.2) is 10.0 Å². The van der Waals surface area contributed by atoms with E-state index in [0.29, 0.717) is 6.54 Å². The molecule has 0 fully saturated rings. The molecular weight excluding hydrogens is 276 g/mol. The molecule has 0 aliphatic rings. The lowest BCUT2D eigenvalue weighted by atomic mass is 10.1. The minimum Gasteiger partial charge on any atom is -0.361 e. The summed E-state index contributed by atoms with van der Waals surface area (Å²) in [5, 5.41) is 9.60. The fourth-order valence-electron chi connectivity index (χ4n) is 2.08. The van der Waals surface area contributed by atoms with Gasteiger partial charge in [0.25, 0.3) is 0 Å². The molecule has 2 heterocycles. The average Bonchev–Trinajstić information content (AvgIpc) is 2.93. The van der Waals surface area contributed by atoms with Gasteiger partial charge in [-0.15, -0.1) is 11.3 Å². The van der Waals surface area contributed by atoms with Crippen LogP contribution in [0.2, 0.25) is 0 Å². The molecule has 1 atom stereocenters. The van der Waals surface area contributed by atoms with Crippen LogP contribution in [0.4, 0.5) is 4.79 Å². The van der Waals surface area contributed by atoms with Gasteiger partial charge in [0.1, 0.15) is 5.76 Å². The molecule has 2 amide bonds. The Labute approximate surface area is 121 Å². The number of urea groups is 1. The van der Waals surface area contributed by atoms with Gasteiger partial charge in [-0.25, -0.2) is 9.78 Å². The molecule has 7 heteroatoms. The molecule has 0 spiro atoms. The molecule has 0 aliphatic heterocycles. The molecular formula is C13H18N4O2S. The first-order chi connectivity index (χ1) is 9.49. The van der Waals surface area contributed by atoms with E-state index in [1.165, 1.54) is 11.3 Å². The summed E-state index contributed by atoms with van der Waals surface area (Å²) in [4.78, 5) is 17.1. The van der Waals surface area contributed by atoms with E-state index in [1.54, 1.807) is 5.51 Å². The van der Waals surface area contributed by atoms with Crippen molar-refractivity contribution in [1.29, 1.82) is 0 Å². The Hall–Kier alpha value is -1.89. The number of thiazole rings is 1. The normalized spacial score (nSPS) is 12.2. The summed E-state index contributed by atoms with van der Waals surface area (Å²) in [6.45, 7) is 8.02. The molecule has 0 radical (unpaired) electrons. The van der Waals surface area contributed by atoms with Crippen LogP contribution in [-0.4, -0.2) is 16.2 Å². The van der Waals surface area contributed by atoms with E-state index in [1.807, 2.05) is 27.7 Å². The van der Waals surface area contributed by atoms with E-state index in [0.717, 1.165) is 27.6 Å². The predicted molar refractivity (Wildman–Crippen MR) is 76.6 cm³/mol. The van der Waals surface area contributed by atoms with Crippen molar-refractivity contribution in [1.82, 2.24) is 20.8 Å². The van der Waals surface area contributed by atoms with E-state index in [2.05, 4.69) is 20.8 Å². The fraction of sp³-hybridized carbons (Fsp3) is 0.462. The molecule has 6 nitrogen and oxygen atoms in total. The number of amides is 2. The van der Waals surface area contributed by atoms with Crippen molar-refractivity contribution in [3.8, 4) is 0 Å². The maximum Gasteiger partial charge on any atom is 0.315 e. The first kappa shape index (κ1) is 14.5. The summed E-state index contributed by atoms with van der Waals surface area (Å²) in [6.07, 6.45) is 0. The van der Waals surface area contributed by atoms with Crippen LogP contribution in [0, 0.1) is 20.8 Å². The highest BCUT2D eigenvalue weighted by atomic mass is 32.1. The number of carbonyl (C=O) groups is 1. The highest BCUT2D eigenvalue weighted by molar-refractivity contribution is 7.09. The number of aryl methyl sites for hydroxylation is 3. The molecule has 0 bridgehead atoms. The van der Waals surface area contributed by atoms with Crippen LogP contribution in [0.25, 0.3) is 0 Å². The highest BCUT2D eigenvalue weighted by Crippen LogP contribution is 2.20. The number of nitrogens with one attached hydrogen (secondary N) is 2. The van der Waals surface area contributed by atoms with Crippen molar-refractivity contribution < 1.29 is 9.32 Å². The number of nitrogens with zero attached hydrogens (tertiary/aromatic N) is 2. The predicted octanol–water partition coefficient (Wildman–Crippen LogP) is 2.62. The fourth-order valence-corrected chi connectivity index (χ4v) is 2.80. The second-order valence-corrected chi connectivity index (χ2v) is 5.59. The second-order valence-electron chi connectivity index (χ2n) is 4.65. The average molecular weight is 294 g/mol. The Morgan fingerprint density at radius 2 is 2.15 bits per heavy atom. The minimum absolute atomic E-state index is 0.149. The quantitative estimate of drug-likeness (QED) is 0.908. The molecule has 1 unspecified atom stereocenters. The van der Waals surface area contributed by atoms with Crippen molar-refractivity contribution in [3.05, 3.63) is 33.1 Å². The smallest absolute Gasteiger partial charge is 0.315 e. The molecule has 0 aromatic carbocycles. The van der Waals surface area contributed by atoms with Gasteiger partial charge in [-0.3, -0.25) is 0 Å². The Morgan fingerprint density at radius 3 is 2.70 bits per heavy atom. The van der Waals surface area contributed by atoms with Crippen LogP contribution in [0.3, 0.4) is 0 Å². The van der Waals surface area contributed by atoms with Crippen molar-refractivity contribution in [2.24, 2.45) is 0 Å². The van der Waals surface area contributed by atoms with Crippen LogP contribution < -0.4 is 10.6 Å². The SMILES string of the molecule is Cc1ncsc1CNC(=O)NC(C)c1c(C)noc1C. The molecule has 2 rings (SSSR count). The summed E-state index contributed by atoms with van der Waals surface area (Å²) in [5.41, 5.74) is 4.45. The zero-order chi connectivity index (χ0) is 14.7. The third-order valence-corrected chi connectivity index (χ3v) is 4.06. The van der Waals surface area contributed by atoms with E-state index in [9.17, 15) is 4.79 Å². The zero-order valence-corrected chi connectivity index (χ0v) is 12.8. The van der Waals surface area contributed by atoms with Gasteiger partial charge < -0.3 is 15.2 Å². The van der Waals surface area contributed by atoms with Crippen molar-refractivity contribution in [2.75, 3.05) is 0 Å². The molecule has 20 heavy (non-hydrogen) atoms. The molecule has 0 saturated heterocycles. The van der Waals surface area contributed by atoms with Crippen LogP contribution in [0.1, 0.15) is 40.6 Å². The summed E-state index contributed by atoms with van der Waals surface area (Å²) >= 11 is 1.53. The van der Waals surface area contributed by atoms with Gasteiger partial charge in [-0.1, -0.05) is 5.16 Å². The summed E-state index contributed by atoms with van der Waals surface area (Å²) in [6, 6.07) is -0.367. The molecule has 108 valence electrons. The van der Waals surface area contributed by atoms with Gasteiger partial charge in [0.05, 0.1) is 29.5 Å². The van der Waals surface area contributed by atoms with Gasteiger partial charge >= 0.3 is 6.03 Å².